The third kappa shape index (κ3) is 2.63. The van der Waals surface area contributed by atoms with Crippen LogP contribution >= 0.6 is 0 Å². The number of amides is 1. The summed E-state index contributed by atoms with van der Waals surface area (Å²) >= 11 is 0. The average molecular weight is 333 g/mol. The van der Waals surface area contributed by atoms with Crippen molar-refractivity contribution < 1.29 is 23.7 Å². The van der Waals surface area contributed by atoms with E-state index in [1.807, 2.05) is 49.9 Å². The highest BCUT2D eigenvalue weighted by Crippen LogP contribution is 2.39. The Morgan fingerprint density at radius 1 is 1.08 bits per heavy atom. The summed E-state index contributed by atoms with van der Waals surface area (Å²) in [5.41, 5.74) is -0.0815. The van der Waals surface area contributed by atoms with Crippen LogP contribution < -0.4 is 9.47 Å². The van der Waals surface area contributed by atoms with Gasteiger partial charge >= 0.3 is 0 Å². The molecule has 0 radical (unpaired) electrons. The van der Waals surface area contributed by atoms with Gasteiger partial charge in [-0.05, 0) is 32.9 Å². The molecule has 1 aromatic carbocycles. The number of likely N-dealkylation sites (tertiary alicyclic amines) is 1. The monoisotopic (exact) mass is 333 g/mol. The predicted octanol–water partition coefficient (Wildman–Crippen LogP) is 1.83. The molecule has 0 saturated carbocycles. The number of carbonyl (C=O) groups is 1. The molecule has 1 spiro atoms. The maximum Gasteiger partial charge on any atom is 0.267 e. The van der Waals surface area contributed by atoms with Crippen molar-refractivity contribution in [1.29, 1.82) is 0 Å². The topological polar surface area (TPSA) is 57.2 Å². The van der Waals surface area contributed by atoms with E-state index in [9.17, 15) is 4.79 Å². The van der Waals surface area contributed by atoms with Gasteiger partial charge in [0.05, 0.1) is 18.6 Å². The lowest BCUT2D eigenvalue weighted by molar-refractivity contribution is -0.303. The van der Waals surface area contributed by atoms with Gasteiger partial charge in [-0.15, -0.1) is 0 Å². The predicted molar refractivity (Wildman–Crippen MR) is 85.9 cm³/mol. The molecule has 3 aliphatic heterocycles. The second-order valence-electron chi connectivity index (χ2n) is 7.48. The summed E-state index contributed by atoms with van der Waals surface area (Å²) in [6, 6.07) is 7.44. The van der Waals surface area contributed by atoms with E-state index in [4.69, 9.17) is 18.9 Å². The van der Waals surface area contributed by atoms with E-state index in [0.717, 1.165) is 0 Å². The van der Waals surface area contributed by atoms with E-state index in [2.05, 4.69) is 0 Å². The number of ether oxygens (including phenoxy) is 4. The molecule has 2 fully saturated rings. The van der Waals surface area contributed by atoms with E-state index in [1.165, 1.54) is 0 Å². The number of para-hydroxylation sites is 2. The minimum absolute atomic E-state index is 0.0348. The third-order valence-electron chi connectivity index (χ3n) is 4.90. The summed E-state index contributed by atoms with van der Waals surface area (Å²) < 4.78 is 23.2. The Morgan fingerprint density at radius 2 is 1.67 bits per heavy atom. The number of fused-ring (bicyclic) bond motifs is 1. The molecule has 4 rings (SSSR count). The second-order valence-corrected chi connectivity index (χ2v) is 7.48. The van der Waals surface area contributed by atoms with Crippen LogP contribution in [0.15, 0.2) is 24.3 Å². The molecule has 24 heavy (non-hydrogen) atoms. The quantitative estimate of drug-likeness (QED) is 0.785. The van der Waals surface area contributed by atoms with E-state index in [-0.39, 0.29) is 17.4 Å². The van der Waals surface area contributed by atoms with Crippen molar-refractivity contribution in [2.24, 2.45) is 5.41 Å². The molecule has 2 saturated heterocycles. The van der Waals surface area contributed by atoms with E-state index in [0.29, 0.717) is 37.8 Å². The van der Waals surface area contributed by atoms with Gasteiger partial charge in [0.15, 0.2) is 17.3 Å². The van der Waals surface area contributed by atoms with Gasteiger partial charge in [0.2, 0.25) is 6.10 Å². The zero-order valence-electron chi connectivity index (χ0n) is 14.3. The normalized spacial score (nSPS) is 29.9. The lowest BCUT2D eigenvalue weighted by Crippen LogP contribution is -2.68. The highest BCUT2D eigenvalue weighted by molar-refractivity contribution is 5.83. The third-order valence-corrected chi connectivity index (χ3v) is 4.90. The van der Waals surface area contributed by atoms with Crippen LogP contribution in [0.25, 0.3) is 0 Å². The van der Waals surface area contributed by atoms with E-state index < -0.39 is 11.9 Å². The average Bonchev–Trinajstić information content (AvgIpc) is 2.52. The van der Waals surface area contributed by atoms with Crippen molar-refractivity contribution in [2.45, 2.75) is 38.8 Å². The molecular formula is C18H23NO5. The van der Waals surface area contributed by atoms with Crippen molar-refractivity contribution in [1.82, 2.24) is 4.90 Å². The van der Waals surface area contributed by atoms with Crippen molar-refractivity contribution >= 4 is 5.91 Å². The van der Waals surface area contributed by atoms with Crippen LogP contribution in [0.5, 0.6) is 11.5 Å². The first-order chi connectivity index (χ1) is 11.4. The molecule has 0 aromatic heterocycles. The Bertz CT molecular complexity index is 641. The minimum atomic E-state index is -0.612. The van der Waals surface area contributed by atoms with Gasteiger partial charge in [-0.1, -0.05) is 12.1 Å². The molecule has 0 unspecified atom stereocenters. The van der Waals surface area contributed by atoms with Crippen LogP contribution in [0.3, 0.4) is 0 Å². The summed E-state index contributed by atoms with van der Waals surface area (Å²) in [5.74, 6) is 0.738. The largest absolute Gasteiger partial charge is 0.482 e. The summed E-state index contributed by atoms with van der Waals surface area (Å²) in [7, 11) is 0. The molecular weight excluding hydrogens is 310 g/mol. The molecule has 6 nitrogen and oxygen atoms in total. The molecule has 1 aromatic rings. The summed E-state index contributed by atoms with van der Waals surface area (Å²) in [4.78, 5) is 14.6. The minimum Gasteiger partial charge on any atom is -0.482 e. The van der Waals surface area contributed by atoms with Crippen LogP contribution in [0, 0.1) is 5.41 Å². The lowest BCUT2D eigenvalue weighted by Gasteiger charge is -2.54. The summed E-state index contributed by atoms with van der Waals surface area (Å²) in [5, 5.41) is 0. The number of carbonyl (C=O) groups excluding carboxylic acids is 1. The maximum atomic E-state index is 12.8. The van der Waals surface area contributed by atoms with Gasteiger partial charge in [0.1, 0.15) is 6.10 Å². The number of rotatable bonds is 1. The molecule has 0 N–H and O–H groups in total. The summed E-state index contributed by atoms with van der Waals surface area (Å²) in [6.07, 6.45) is -0.930. The molecule has 3 heterocycles. The van der Waals surface area contributed by atoms with Crippen molar-refractivity contribution in [3.63, 3.8) is 0 Å². The molecule has 6 heteroatoms. The molecule has 3 aliphatic rings. The number of hydrogen-bond donors (Lipinski definition) is 0. The van der Waals surface area contributed by atoms with Crippen molar-refractivity contribution in [3.05, 3.63) is 24.3 Å². The van der Waals surface area contributed by atoms with Crippen molar-refractivity contribution in [3.8, 4) is 11.5 Å². The molecule has 2 atom stereocenters. The van der Waals surface area contributed by atoms with E-state index in [1.54, 1.807) is 0 Å². The fraction of sp³-hybridized carbons (Fsp3) is 0.611. The van der Waals surface area contributed by atoms with Gasteiger partial charge in [0.25, 0.3) is 5.91 Å². The van der Waals surface area contributed by atoms with Crippen LogP contribution in [-0.2, 0) is 14.3 Å². The molecule has 1 amide bonds. The highest BCUT2D eigenvalue weighted by Gasteiger charge is 2.52. The van der Waals surface area contributed by atoms with Gasteiger partial charge in [-0.2, -0.15) is 0 Å². The van der Waals surface area contributed by atoms with Crippen LogP contribution in [0.1, 0.15) is 20.8 Å². The zero-order valence-corrected chi connectivity index (χ0v) is 14.3. The Kier molecular flexibility index (Phi) is 3.51. The fourth-order valence-corrected chi connectivity index (χ4v) is 3.41. The molecule has 0 aliphatic carbocycles. The summed E-state index contributed by atoms with van der Waals surface area (Å²) in [6.45, 7) is 8.19. The van der Waals surface area contributed by atoms with Gasteiger partial charge in [-0.25, -0.2) is 0 Å². The maximum absolute atomic E-state index is 12.8. The highest BCUT2D eigenvalue weighted by atomic mass is 16.7. The van der Waals surface area contributed by atoms with Gasteiger partial charge < -0.3 is 23.8 Å². The Balaban J connectivity index is 1.40. The Hall–Kier alpha value is -1.79. The van der Waals surface area contributed by atoms with Crippen LogP contribution in [0.2, 0.25) is 0 Å². The second kappa shape index (κ2) is 5.36. The SMILES string of the molecule is C[C@@H]1Oc2ccccc2O[C@H]1C(=O)N1CC2(COC(C)(C)OC2)C1. The lowest BCUT2D eigenvalue weighted by atomic mass is 9.80. The standard InChI is InChI=1S/C18H23NO5/c1-12-15(24-14-7-5-4-6-13(14)23-12)16(20)19-8-18(9-19)10-21-17(2,3)22-11-18/h4-7,12,15H,8-11H2,1-3H3/t12-,15+/m0/s1. The van der Waals surface area contributed by atoms with Gasteiger partial charge in [-0.3, -0.25) is 4.79 Å². The molecule has 130 valence electrons. The number of nitrogens with zero attached hydrogens (tertiary/aromatic N) is 1. The first-order valence-electron chi connectivity index (χ1n) is 8.37. The Labute approximate surface area is 141 Å². The first kappa shape index (κ1) is 15.7. The van der Waals surface area contributed by atoms with Crippen LogP contribution in [-0.4, -0.2) is 55.1 Å². The molecule has 0 bridgehead atoms. The zero-order chi connectivity index (χ0) is 16.9. The smallest absolute Gasteiger partial charge is 0.267 e. The van der Waals surface area contributed by atoms with Crippen LogP contribution in [0.4, 0.5) is 0 Å². The first-order valence-corrected chi connectivity index (χ1v) is 8.37. The Morgan fingerprint density at radius 3 is 2.29 bits per heavy atom. The number of hydrogen-bond acceptors (Lipinski definition) is 5. The van der Waals surface area contributed by atoms with Crippen molar-refractivity contribution in [2.75, 3.05) is 26.3 Å². The van der Waals surface area contributed by atoms with E-state index >= 15 is 0 Å². The number of benzene rings is 1. The fourth-order valence-electron chi connectivity index (χ4n) is 3.41. The van der Waals surface area contributed by atoms with Gasteiger partial charge in [0, 0.05) is 13.1 Å².